The predicted molar refractivity (Wildman–Crippen MR) is 144 cm³/mol. The Labute approximate surface area is 225 Å². The van der Waals surface area contributed by atoms with E-state index in [9.17, 15) is 17.9 Å². The van der Waals surface area contributed by atoms with Gasteiger partial charge in [-0.1, -0.05) is 24.3 Å². The number of imidazole rings is 1. The van der Waals surface area contributed by atoms with Crippen molar-refractivity contribution in [3.8, 4) is 11.8 Å². The van der Waals surface area contributed by atoms with E-state index in [0.717, 1.165) is 23.0 Å². The van der Waals surface area contributed by atoms with Gasteiger partial charge in [0.25, 0.3) is 0 Å². The largest absolute Gasteiger partial charge is 0.493 e. The molecule has 0 saturated carbocycles. The number of H-pyrrole nitrogens is 1. The van der Waals surface area contributed by atoms with Gasteiger partial charge >= 0.3 is 0 Å². The Morgan fingerprint density at radius 2 is 1.87 bits per heavy atom. The topological polar surface area (TPSA) is 117 Å². The van der Waals surface area contributed by atoms with Crippen LogP contribution in [0, 0.1) is 5.82 Å². The molecule has 11 heteroatoms. The summed E-state index contributed by atoms with van der Waals surface area (Å²) >= 11 is 0. The standard InChI is InChI=1S/C28H27FN6O3S/c29-21-12-9-19(10-13-21)11-14-23-26(33-35(27(23)36)28-31-24-7-1-2-8-25(24)32-28)20-5-4-16-34(18-20)39(37,38)22-6-3-15-30-17-22/h1-3,6-10,12-13,15,17,20,36H,4-5,11,14,16,18H2,(H,31,32). The van der Waals surface area contributed by atoms with Gasteiger partial charge in [-0.3, -0.25) is 4.98 Å². The highest BCUT2D eigenvalue weighted by Gasteiger charge is 2.34. The summed E-state index contributed by atoms with van der Waals surface area (Å²) in [5.41, 5.74) is 3.74. The summed E-state index contributed by atoms with van der Waals surface area (Å²) in [6.45, 7) is 0.631. The van der Waals surface area contributed by atoms with E-state index in [-0.39, 0.29) is 29.1 Å². The Hall–Kier alpha value is -4.09. The molecule has 1 saturated heterocycles. The molecular weight excluding hydrogens is 519 g/mol. The molecule has 2 aromatic carbocycles. The molecule has 6 rings (SSSR count). The number of hydrogen-bond donors (Lipinski definition) is 2. The lowest BCUT2D eigenvalue weighted by Gasteiger charge is -2.31. The molecule has 0 spiro atoms. The number of nitrogens with one attached hydrogen (secondary N) is 1. The van der Waals surface area contributed by atoms with Crippen molar-refractivity contribution < 1.29 is 17.9 Å². The normalized spacial score (nSPS) is 16.6. The van der Waals surface area contributed by atoms with Crippen LogP contribution in [0.25, 0.3) is 17.0 Å². The molecule has 0 bridgehead atoms. The second kappa shape index (κ2) is 10.2. The van der Waals surface area contributed by atoms with Gasteiger partial charge in [0.15, 0.2) is 0 Å². The van der Waals surface area contributed by atoms with Crippen LogP contribution in [0.15, 0.2) is 78.0 Å². The highest BCUT2D eigenvalue weighted by molar-refractivity contribution is 7.89. The number of pyridine rings is 1. The van der Waals surface area contributed by atoms with E-state index >= 15 is 0 Å². The molecule has 39 heavy (non-hydrogen) atoms. The summed E-state index contributed by atoms with van der Waals surface area (Å²) in [6.07, 6.45) is 5.27. The van der Waals surface area contributed by atoms with E-state index in [4.69, 9.17) is 5.10 Å². The molecule has 1 atom stereocenters. The minimum atomic E-state index is -3.73. The van der Waals surface area contributed by atoms with Crippen LogP contribution < -0.4 is 0 Å². The van der Waals surface area contributed by atoms with Gasteiger partial charge in [0.2, 0.25) is 21.9 Å². The van der Waals surface area contributed by atoms with Crippen molar-refractivity contribution in [2.75, 3.05) is 13.1 Å². The van der Waals surface area contributed by atoms with E-state index in [1.54, 1.807) is 30.5 Å². The summed E-state index contributed by atoms with van der Waals surface area (Å²) in [6, 6.07) is 17.0. The fourth-order valence-corrected chi connectivity index (χ4v) is 6.65. The summed E-state index contributed by atoms with van der Waals surface area (Å²) in [7, 11) is -3.73. The number of piperidine rings is 1. The van der Waals surface area contributed by atoms with Gasteiger partial charge in [0, 0.05) is 37.0 Å². The Kier molecular flexibility index (Phi) is 6.61. The Morgan fingerprint density at radius 1 is 1.05 bits per heavy atom. The van der Waals surface area contributed by atoms with E-state index in [1.165, 1.54) is 27.3 Å². The third-order valence-electron chi connectivity index (χ3n) is 7.18. The van der Waals surface area contributed by atoms with E-state index in [2.05, 4.69) is 15.0 Å². The summed E-state index contributed by atoms with van der Waals surface area (Å²) in [4.78, 5) is 11.9. The first-order chi connectivity index (χ1) is 18.9. The monoisotopic (exact) mass is 546 g/mol. The number of sulfonamides is 1. The van der Waals surface area contributed by atoms with Crippen molar-refractivity contribution in [2.24, 2.45) is 0 Å². The number of rotatable bonds is 7. The zero-order valence-electron chi connectivity index (χ0n) is 21.0. The molecule has 1 aliphatic heterocycles. The van der Waals surface area contributed by atoms with Crippen molar-refractivity contribution in [2.45, 2.75) is 36.5 Å². The number of nitrogens with zero attached hydrogens (tertiary/aromatic N) is 5. The van der Waals surface area contributed by atoms with Gasteiger partial charge in [-0.2, -0.15) is 14.1 Å². The van der Waals surface area contributed by atoms with Crippen molar-refractivity contribution >= 4 is 21.1 Å². The van der Waals surface area contributed by atoms with Crippen LogP contribution in [0.2, 0.25) is 0 Å². The first-order valence-corrected chi connectivity index (χ1v) is 14.2. The third kappa shape index (κ3) is 4.90. The molecule has 1 aliphatic rings. The number of benzene rings is 2. The summed E-state index contributed by atoms with van der Waals surface area (Å²) < 4.78 is 43.0. The SMILES string of the molecule is O=S(=O)(c1cccnc1)N1CCCC(c2nn(-c3nc4ccccc4[nH]3)c(O)c2CCc2ccc(F)cc2)C1. The number of aromatic nitrogens is 5. The van der Waals surface area contributed by atoms with Crippen molar-refractivity contribution in [1.29, 1.82) is 0 Å². The second-order valence-electron chi connectivity index (χ2n) is 9.69. The molecule has 9 nitrogen and oxygen atoms in total. The minimum absolute atomic E-state index is 0.0431. The zero-order chi connectivity index (χ0) is 27.0. The Morgan fingerprint density at radius 3 is 2.64 bits per heavy atom. The molecule has 0 aliphatic carbocycles. The summed E-state index contributed by atoms with van der Waals surface area (Å²) in [5, 5.41) is 16.2. The fraction of sp³-hybridized carbons (Fsp3) is 0.250. The van der Waals surface area contributed by atoms with Gasteiger partial charge in [-0.15, -0.1) is 0 Å². The third-order valence-corrected chi connectivity index (χ3v) is 9.03. The van der Waals surface area contributed by atoms with Crippen LogP contribution in [0.1, 0.15) is 35.6 Å². The number of aryl methyl sites for hydroxylation is 1. The maximum atomic E-state index is 13.4. The van der Waals surface area contributed by atoms with Crippen molar-refractivity contribution in [3.05, 3.63) is 95.7 Å². The molecule has 3 aromatic heterocycles. The zero-order valence-corrected chi connectivity index (χ0v) is 21.9. The van der Waals surface area contributed by atoms with Crippen LogP contribution in [0.5, 0.6) is 5.88 Å². The van der Waals surface area contributed by atoms with E-state index in [1.807, 2.05) is 24.3 Å². The van der Waals surface area contributed by atoms with Crippen molar-refractivity contribution in [3.63, 3.8) is 0 Å². The highest BCUT2D eigenvalue weighted by atomic mass is 32.2. The van der Waals surface area contributed by atoms with E-state index in [0.29, 0.717) is 43.0 Å². The Balaban J connectivity index is 1.37. The molecule has 2 N–H and O–H groups in total. The second-order valence-corrected chi connectivity index (χ2v) is 11.6. The number of fused-ring (bicyclic) bond motifs is 1. The maximum Gasteiger partial charge on any atom is 0.244 e. The summed E-state index contributed by atoms with van der Waals surface area (Å²) in [5.74, 6) is -0.209. The van der Waals surface area contributed by atoms with Crippen LogP contribution in [0.4, 0.5) is 4.39 Å². The molecular formula is C28H27FN6O3S. The smallest absolute Gasteiger partial charge is 0.244 e. The van der Waals surface area contributed by atoms with Gasteiger partial charge in [0.1, 0.15) is 10.7 Å². The number of halogens is 1. The average Bonchev–Trinajstić information content (AvgIpc) is 3.54. The fourth-order valence-electron chi connectivity index (χ4n) is 5.17. The van der Waals surface area contributed by atoms with Crippen LogP contribution >= 0.6 is 0 Å². The van der Waals surface area contributed by atoms with Crippen LogP contribution in [0.3, 0.4) is 0 Å². The quantitative estimate of drug-likeness (QED) is 0.314. The molecule has 1 unspecified atom stereocenters. The minimum Gasteiger partial charge on any atom is -0.493 e. The van der Waals surface area contributed by atoms with Gasteiger partial charge in [0.05, 0.1) is 16.7 Å². The number of para-hydroxylation sites is 2. The van der Waals surface area contributed by atoms with Crippen LogP contribution in [-0.2, 0) is 22.9 Å². The lowest BCUT2D eigenvalue weighted by Crippen LogP contribution is -2.39. The molecule has 0 radical (unpaired) electrons. The van der Waals surface area contributed by atoms with Crippen molar-refractivity contribution in [1.82, 2.24) is 29.0 Å². The number of hydrogen-bond acceptors (Lipinski definition) is 6. The number of aromatic amines is 1. The Bertz CT molecular complexity index is 1680. The van der Waals surface area contributed by atoms with Gasteiger partial charge in [-0.25, -0.2) is 17.8 Å². The molecule has 0 amide bonds. The maximum absolute atomic E-state index is 13.4. The lowest BCUT2D eigenvalue weighted by atomic mass is 9.91. The first-order valence-electron chi connectivity index (χ1n) is 12.8. The average molecular weight is 547 g/mol. The molecule has 4 heterocycles. The first kappa shape index (κ1) is 25.2. The van der Waals surface area contributed by atoms with Crippen LogP contribution in [-0.4, -0.2) is 55.7 Å². The molecule has 1 fully saturated rings. The van der Waals surface area contributed by atoms with Gasteiger partial charge < -0.3 is 10.1 Å². The lowest BCUT2D eigenvalue weighted by molar-refractivity contribution is 0.311. The number of aromatic hydroxyl groups is 1. The van der Waals surface area contributed by atoms with E-state index < -0.39 is 10.0 Å². The molecule has 200 valence electrons. The molecule has 5 aromatic rings. The predicted octanol–water partition coefficient (Wildman–Crippen LogP) is 4.34. The van der Waals surface area contributed by atoms with Gasteiger partial charge in [-0.05, 0) is 67.6 Å². The highest BCUT2D eigenvalue weighted by Crippen LogP contribution is 2.36.